The van der Waals surface area contributed by atoms with Gasteiger partial charge in [-0.2, -0.15) is 0 Å². The highest BCUT2D eigenvalue weighted by atomic mass is 16.3. The van der Waals surface area contributed by atoms with Crippen molar-refractivity contribution < 1.29 is 9.52 Å². The van der Waals surface area contributed by atoms with Gasteiger partial charge in [0.25, 0.3) is 0 Å². The molecule has 0 radical (unpaired) electrons. The lowest BCUT2D eigenvalue weighted by Gasteiger charge is -1.95. The molecule has 0 bridgehead atoms. The van der Waals surface area contributed by atoms with Crippen LogP contribution in [0.3, 0.4) is 0 Å². The topological polar surface area (TPSA) is 50.7 Å². The maximum Gasteiger partial charge on any atom is 0.153 e. The second kappa shape index (κ2) is 3.50. The van der Waals surface area contributed by atoms with Gasteiger partial charge in [-0.15, -0.1) is 0 Å². The molecule has 0 saturated carbocycles. The lowest BCUT2D eigenvalue weighted by atomic mass is 10.3. The fraction of sp³-hybridized carbons (Fsp3) is 0.0833. The van der Waals surface area contributed by atoms with Crippen molar-refractivity contribution in [1.82, 2.24) is 9.38 Å². The molecule has 1 N–H and O–H groups in total. The van der Waals surface area contributed by atoms with Crippen molar-refractivity contribution in [2.45, 2.75) is 6.61 Å². The molecular formula is C12H10N2O2. The van der Waals surface area contributed by atoms with E-state index in [9.17, 15) is 0 Å². The Morgan fingerprint density at radius 3 is 3.06 bits per heavy atom. The van der Waals surface area contributed by atoms with Crippen molar-refractivity contribution in [3.63, 3.8) is 0 Å². The molecule has 4 nitrogen and oxygen atoms in total. The molecule has 0 aliphatic carbocycles. The summed E-state index contributed by atoms with van der Waals surface area (Å²) < 4.78 is 7.18. The third kappa shape index (κ3) is 1.40. The van der Waals surface area contributed by atoms with E-state index in [2.05, 4.69) is 4.98 Å². The average molecular weight is 214 g/mol. The Morgan fingerprint density at radius 2 is 2.31 bits per heavy atom. The van der Waals surface area contributed by atoms with Gasteiger partial charge >= 0.3 is 0 Å². The minimum absolute atomic E-state index is 0.0272. The number of pyridine rings is 1. The molecule has 3 aromatic rings. The van der Waals surface area contributed by atoms with E-state index in [0.717, 1.165) is 22.7 Å². The maximum atomic E-state index is 9.03. The van der Waals surface area contributed by atoms with Crippen LogP contribution in [0.25, 0.3) is 17.1 Å². The molecule has 0 aromatic carbocycles. The smallest absolute Gasteiger partial charge is 0.153 e. The minimum Gasteiger partial charge on any atom is -0.463 e. The first-order valence-electron chi connectivity index (χ1n) is 4.99. The summed E-state index contributed by atoms with van der Waals surface area (Å²) in [6, 6.07) is 7.42. The number of hydrogen-bond acceptors (Lipinski definition) is 3. The zero-order chi connectivity index (χ0) is 11.0. The molecule has 3 aromatic heterocycles. The molecule has 16 heavy (non-hydrogen) atoms. The van der Waals surface area contributed by atoms with E-state index in [0.29, 0.717) is 0 Å². The van der Waals surface area contributed by atoms with Gasteiger partial charge in [-0.3, -0.25) is 0 Å². The summed E-state index contributed by atoms with van der Waals surface area (Å²) in [6.07, 6.45) is 5.40. The summed E-state index contributed by atoms with van der Waals surface area (Å²) in [4.78, 5) is 4.42. The van der Waals surface area contributed by atoms with Gasteiger partial charge in [-0.1, -0.05) is 0 Å². The van der Waals surface area contributed by atoms with Gasteiger partial charge in [0.15, 0.2) is 5.76 Å². The lowest BCUT2D eigenvalue weighted by molar-refractivity contribution is 0.282. The molecule has 0 aliphatic rings. The van der Waals surface area contributed by atoms with Crippen molar-refractivity contribution in [1.29, 1.82) is 0 Å². The van der Waals surface area contributed by atoms with Crippen LogP contribution in [0, 0.1) is 0 Å². The number of furan rings is 1. The number of fused-ring (bicyclic) bond motifs is 1. The average Bonchev–Trinajstić information content (AvgIpc) is 2.96. The zero-order valence-electron chi connectivity index (χ0n) is 8.50. The second-order valence-electron chi connectivity index (χ2n) is 3.56. The van der Waals surface area contributed by atoms with Gasteiger partial charge in [0, 0.05) is 12.4 Å². The van der Waals surface area contributed by atoms with Gasteiger partial charge < -0.3 is 13.9 Å². The summed E-state index contributed by atoms with van der Waals surface area (Å²) in [7, 11) is 0. The number of aliphatic hydroxyl groups excluding tert-OH is 1. The number of imidazole rings is 1. The van der Waals surface area contributed by atoms with E-state index in [-0.39, 0.29) is 6.61 Å². The first-order valence-corrected chi connectivity index (χ1v) is 4.99. The Labute approximate surface area is 91.8 Å². The highest BCUT2D eigenvalue weighted by molar-refractivity contribution is 5.57. The van der Waals surface area contributed by atoms with Crippen molar-refractivity contribution in [2.75, 3.05) is 0 Å². The predicted octanol–water partition coefficient (Wildman–Crippen LogP) is 2.09. The fourth-order valence-corrected chi connectivity index (χ4v) is 1.67. The summed E-state index contributed by atoms with van der Waals surface area (Å²) in [6.45, 7) is 0.0272. The van der Waals surface area contributed by atoms with E-state index < -0.39 is 0 Å². The number of rotatable bonds is 2. The Hall–Kier alpha value is -2.07. The van der Waals surface area contributed by atoms with E-state index >= 15 is 0 Å². The monoisotopic (exact) mass is 214 g/mol. The third-order valence-electron chi connectivity index (χ3n) is 2.48. The van der Waals surface area contributed by atoms with Crippen LogP contribution in [-0.2, 0) is 6.61 Å². The minimum atomic E-state index is 0.0272. The van der Waals surface area contributed by atoms with E-state index in [1.165, 1.54) is 0 Å². The van der Waals surface area contributed by atoms with Crippen LogP contribution in [0.5, 0.6) is 0 Å². The Morgan fingerprint density at radius 1 is 1.38 bits per heavy atom. The van der Waals surface area contributed by atoms with Crippen LogP contribution in [0.15, 0.2) is 47.3 Å². The lowest BCUT2D eigenvalue weighted by Crippen LogP contribution is -1.87. The highest BCUT2D eigenvalue weighted by Gasteiger charge is 2.06. The molecule has 0 aliphatic heterocycles. The quantitative estimate of drug-likeness (QED) is 0.710. The van der Waals surface area contributed by atoms with Crippen molar-refractivity contribution in [2.24, 2.45) is 0 Å². The van der Waals surface area contributed by atoms with Gasteiger partial charge in [0.05, 0.1) is 12.9 Å². The summed E-state index contributed by atoms with van der Waals surface area (Å²) in [5.41, 5.74) is 2.45. The highest BCUT2D eigenvalue weighted by Crippen LogP contribution is 2.19. The molecule has 80 valence electrons. The zero-order valence-corrected chi connectivity index (χ0v) is 8.50. The summed E-state index contributed by atoms with van der Waals surface area (Å²) in [5, 5.41) is 9.03. The van der Waals surface area contributed by atoms with Crippen molar-refractivity contribution >= 4 is 5.65 Å². The molecule has 0 spiro atoms. The largest absolute Gasteiger partial charge is 0.463 e. The maximum absolute atomic E-state index is 9.03. The van der Waals surface area contributed by atoms with Crippen LogP contribution >= 0.6 is 0 Å². The normalized spacial score (nSPS) is 11.1. The van der Waals surface area contributed by atoms with Crippen LogP contribution in [0.1, 0.15) is 5.56 Å². The van der Waals surface area contributed by atoms with Crippen LogP contribution in [0.2, 0.25) is 0 Å². The molecule has 0 atom stereocenters. The molecule has 4 heteroatoms. The number of aliphatic hydroxyl groups is 1. The van der Waals surface area contributed by atoms with E-state index in [1.54, 1.807) is 6.26 Å². The van der Waals surface area contributed by atoms with Crippen LogP contribution < -0.4 is 0 Å². The number of aromatic nitrogens is 2. The Kier molecular flexibility index (Phi) is 2.01. The Bertz CT molecular complexity index is 611. The SMILES string of the molecule is OCc1ccn2cc(-c3ccco3)nc2c1. The number of hydrogen-bond donors (Lipinski definition) is 1. The molecule has 0 amide bonds. The predicted molar refractivity (Wildman–Crippen MR) is 58.8 cm³/mol. The molecule has 0 fully saturated rings. The molecule has 0 saturated heterocycles. The van der Waals surface area contributed by atoms with Crippen molar-refractivity contribution in [3.05, 3.63) is 48.5 Å². The Balaban J connectivity index is 2.16. The first-order chi connectivity index (χ1) is 7.86. The third-order valence-corrected chi connectivity index (χ3v) is 2.48. The van der Waals surface area contributed by atoms with E-state index in [1.807, 2.05) is 41.1 Å². The molecule has 0 unspecified atom stereocenters. The number of nitrogens with zero attached hydrogens (tertiary/aromatic N) is 2. The summed E-state index contributed by atoms with van der Waals surface area (Å²) in [5.74, 6) is 0.745. The van der Waals surface area contributed by atoms with Crippen LogP contribution in [-0.4, -0.2) is 14.5 Å². The van der Waals surface area contributed by atoms with Gasteiger partial charge in [-0.05, 0) is 29.8 Å². The van der Waals surface area contributed by atoms with Crippen LogP contribution in [0.4, 0.5) is 0 Å². The van der Waals surface area contributed by atoms with Gasteiger partial charge in [0.1, 0.15) is 11.3 Å². The van der Waals surface area contributed by atoms with E-state index in [4.69, 9.17) is 9.52 Å². The summed E-state index contributed by atoms with van der Waals surface area (Å²) >= 11 is 0. The second-order valence-corrected chi connectivity index (χ2v) is 3.56. The van der Waals surface area contributed by atoms with Gasteiger partial charge in [0.2, 0.25) is 0 Å². The molecule has 3 heterocycles. The molecule has 3 rings (SSSR count). The standard InChI is InChI=1S/C12H10N2O2/c15-8-9-3-4-14-7-10(13-12(14)6-9)11-2-1-5-16-11/h1-7,15H,8H2. The first kappa shape index (κ1) is 9.18. The molecular weight excluding hydrogens is 204 g/mol. The fourth-order valence-electron chi connectivity index (χ4n) is 1.67. The van der Waals surface area contributed by atoms with Crippen molar-refractivity contribution in [3.8, 4) is 11.5 Å². The van der Waals surface area contributed by atoms with Gasteiger partial charge in [-0.25, -0.2) is 4.98 Å².